The quantitative estimate of drug-likeness (QED) is 0.818. The molecule has 1 aromatic rings. The zero-order valence-electron chi connectivity index (χ0n) is 9.87. The summed E-state index contributed by atoms with van der Waals surface area (Å²) in [5, 5.41) is 12.6. The molecular weight excluding hydrogens is 286 g/mol. The maximum atomic E-state index is 10.9. The predicted molar refractivity (Wildman–Crippen MR) is 70.0 cm³/mol. The average molecular weight is 302 g/mol. The zero-order valence-corrected chi connectivity index (χ0v) is 11.5. The van der Waals surface area contributed by atoms with Gasteiger partial charge in [0.25, 0.3) is 0 Å². The number of aryl methyl sites for hydroxylation is 1. The first-order valence-corrected chi connectivity index (χ1v) is 6.07. The van der Waals surface area contributed by atoms with Crippen molar-refractivity contribution in [1.82, 2.24) is 0 Å². The van der Waals surface area contributed by atoms with Crippen LogP contribution < -0.4 is 5.32 Å². The Balaban J connectivity index is 2.47. The van der Waals surface area contributed by atoms with Crippen molar-refractivity contribution in [2.24, 2.45) is 0 Å². The van der Waals surface area contributed by atoms with Gasteiger partial charge in [-0.3, -0.25) is 4.79 Å². The molecular formula is C12H16BrNO3. The van der Waals surface area contributed by atoms with Gasteiger partial charge in [-0.1, -0.05) is 6.07 Å². The first kappa shape index (κ1) is 14.0. The van der Waals surface area contributed by atoms with E-state index in [0.717, 1.165) is 15.7 Å². The molecule has 1 unspecified atom stereocenters. The Hall–Kier alpha value is -1.07. The largest absolute Gasteiger partial charge is 0.469 e. The Bertz CT molecular complexity index is 395. The lowest BCUT2D eigenvalue weighted by Gasteiger charge is -2.13. The van der Waals surface area contributed by atoms with Gasteiger partial charge in [0.2, 0.25) is 0 Å². The van der Waals surface area contributed by atoms with Crippen LogP contribution >= 0.6 is 15.9 Å². The van der Waals surface area contributed by atoms with E-state index < -0.39 is 12.1 Å². The second kappa shape index (κ2) is 6.61. The van der Waals surface area contributed by atoms with Crippen molar-refractivity contribution in [3.8, 4) is 0 Å². The number of hydrogen-bond donors (Lipinski definition) is 2. The van der Waals surface area contributed by atoms with Crippen molar-refractivity contribution >= 4 is 27.6 Å². The van der Waals surface area contributed by atoms with Gasteiger partial charge >= 0.3 is 5.97 Å². The van der Waals surface area contributed by atoms with Crippen molar-refractivity contribution in [3.05, 3.63) is 28.2 Å². The molecule has 2 N–H and O–H groups in total. The number of nitrogens with one attached hydrogen (secondary N) is 1. The molecule has 0 aliphatic carbocycles. The molecule has 0 aromatic heterocycles. The minimum atomic E-state index is -0.754. The standard InChI is InChI=1S/C12H16BrNO3/c1-8-3-4-11(10(13)5-8)14-7-9(15)6-12(16)17-2/h3-5,9,14-15H,6-7H2,1-2H3. The van der Waals surface area contributed by atoms with Gasteiger partial charge in [0, 0.05) is 16.7 Å². The average Bonchev–Trinajstić information content (AvgIpc) is 2.27. The fourth-order valence-electron chi connectivity index (χ4n) is 1.34. The third-order valence-corrected chi connectivity index (χ3v) is 2.94. The van der Waals surface area contributed by atoms with Crippen LogP contribution in [0.2, 0.25) is 0 Å². The summed E-state index contributed by atoms with van der Waals surface area (Å²) < 4.78 is 5.41. The second-order valence-corrected chi connectivity index (χ2v) is 4.65. The van der Waals surface area contributed by atoms with Crippen molar-refractivity contribution in [2.75, 3.05) is 19.0 Å². The summed E-state index contributed by atoms with van der Waals surface area (Å²) in [7, 11) is 1.30. The Morgan fingerprint density at radius 2 is 2.29 bits per heavy atom. The van der Waals surface area contributed by atoms with Gasteiger partial charge in [-0.05, 0) is 40.5 Å². The van der Waals surface area contributed by atoms with E-state index in [9.17, 15) is 9.90 Å². The van der Waals surface area contributed by atoms with Crippen LogP contribution in [-0.4, -0.2) is 30.8 Å². The maximum absolute atomic E-state index is 10.9. The smallest absolute Gasteiger partial charge is 0.308 e. The molecule has 0 amide bonds. The van der Waals surface area contributed by atoms with Crippen LogP contribution in [0.1, 0.15) is 12.0 Å². The van der Waals surface area contributed by atoms with Crippen LogP contribution in [0, 0.1) is 6.92 Å². The van der Waals surface area contributed by atoms with Crippen LogP contribution in [0.25, 0.3) is 0 Å². The Morgan fingerprint density at radius 1 is 1.59 bits per heavy atom. The fourth-order valence-corrected chi connectivity index (χ4v) is 1.97. The fraction of sp³-hybridized carbons (Fsp3) is 0.417. The molecule has 5 heteroatoms. The number of rotatable bonds is 5. The molecule has 4 nitrogen and oxygen atoms in total. The van der Waals surface area contributed by atoms with E-state index in [4.69, 9.17) is 0 Å². The molecule has 0 fully saturated rings. The lowest BCUT2D eigenvalue weighted by atomic mass is 10.2. The van der Waals surface area contributed by atoms with E-state index in [-0.39, 0.29) is 6.42 Å². The number of methoxy groups -OCH3 is 1. The van der Waals surface area contributed by atoms with Crippen molar-refractivity contribution < 1.29 is 14.6 Å². The first-order chi connectivity index (χ1) is 8.02. The van der Waals surface area contributed by atoms with Gasteiger partial charge in [0.15, 0.2) is 0 Å². The Morgan fingerprint density at radius 3 is 2.88 bits per heavy atom. The van der Waals surface area contributed by atoms with E-state index in [0.29, 0.717) is 6.54 Å². The molecule has 0 bridgehead atoms. The molecule has 0 saturated carbocycles. The van der Waals surface area contributed by atoms with Crippen LogP contribution in [0.5, 0.6) is 0 Å². The predicted octanol–water partition coefficient (Wildman–Crippen LogP) is 2.09. The summed E-state index contributed by atoms with van der Waals surface area (Å²) in [6.45, 7) is 2.30. The highest BCUT2D eigenvalue weighted by Gasteiger charge is 2.11. The molecule has 0 saturated heterocycles. The molecule has 0 aliphatic heterocycles. The molecule has 0 heterocycles. The number of benzene rings is 1. The van der Waals surface area contributed by atoms with Crippen molar-refractivity contribution in [2.45, 2.75) is 19.4 Å². The third-order valence-electron chi connectivity index (χ3n) is 2.28. The number of carbonyl (C=O) groups is 1. The van der Waals surface area contributed by atoms with E-state index in [2.05, 4.69) is 26.0 Å². The number of ether oxygens (including phenoxy) is 1. The maximum Gasteiger partial charge on any atom is 0.308 e. The molecule has 1 aromatic carbocycles. The SMILES string of the molecule is COC(=O)CC(O)CNc1ccc(C)cc1Br. The minimum Gasteiger partial charge on any atom is -0.469 e. The second-order valence-electron chi connectivity index (χ2n) is 3.80. The van der Waals surface area contributed by atoms with Gasteiger partial charge in [-0.25, -0.2) is 0 Å². The normalized spacial score (nSPS) is 12.0. The molecule has 1 atom stereocenters. The Kier molecular flexibility index (Phi) is 5.44. The summed E-state index contributed by atoms with van der Waals surface area (Å²) in [6, 6.07) is 5.87. The summed E-state index contributed by atoms with van der Waals surface area (Å²) in [4.78, 5) is 10.9. The highest BCUT2D eigenvalue weighted by molar-refractivity contribution is 9.10. The van der Waals surface area contributed by atoms with Gasteiger partial charge in [0.1, 0.15) is 0 Å². The van der Waals surface area contributed by atoms with E-state index in [1.807, 2.05) is 25.1 Å². The number of aliphatic hydroxyl groups excluding tert-OH is 1. The number of anilines is 1. The summed E-state index contributed by atoms with van der Waals surface area (Å²) in [6.07, 6.45) is -0.761. The molecule has 0 spiro atoms. The van der Waals surface area contributed by atoms with Gasteiger partial charge in [-0.2, -0.15) is 0 Å². The highest BCUT2D eigenvalue weighted by Crippen LogP contribution is 2.23. The number of aliphatic hydroxyl groups is 1. The number of halogens is 1. The van der Waals surface area contributed by atoms with Gasteiger partial charge in [0.05, 0.1) is 19.6 Å². The van der Waals surface area contributed by atoms with Crippen molar-refractivity contribution in [1.29, 1.82) is 0 Å². The number of carbonyl (C=O) groups excluding carboxylic acids is 1. The number of esters is 1. The lowest BCUT2D eigenvalue weighted by molar-refractivity contribution is -0.142. The zero-order chi connectivity index (χ0) is 12.8. The van der Waals surface area contributed by atoms with E-state index in [1.165, 1.54) is 7.11 Å². The van der Waals surface area contributed by atoms with Crippen LogP contribution in [0.4, 0.5) is 5.69 Å². The summed E-state index contributed by atoms with van der Waals surface area (Å²) in [5.41, 5.74) is 2.04. The van der Waals surface area contributed by atoms with Crippen LogP contribution in [0.3, 0.4) is 0 Å². The lowest BCUT2D eigenvalue weighted by Crippen LogP contribution is -2.23. The van der Waals surface area contributed by atoms with Gasteiger partial charge < -0.3 is 15.2 Å². The summed E-state index contributed by atoms with van der Waals surface area (Å²) >= 11 is 3.43. The van der Waals surface area contributed by atoms with Gasteiger partial charge in [-0.15, -0.1) is 0 Å². The molecule has 94 valence electrons. The van der Waals surface area contributed by atoms with Crippen LogP contribution in [0.15, 0.2) is 22.7 Å². The van der Waals surface area contributed by atoms with Crippen molar-refractivity contribution in [3.63, 3.8) is 0 Å². The molecule has 0 aliphatic rings. The van der Waals surface area contributed by atoms with E-state index in [1.54, 1.807) is 0 Å². The van der Waals surface area contributed by atoms with Crippen LogP contribution in [-0.2, 0) is 9.53 Å². The molecule has 1 rings (SSSR count). The summed E-state index contributed by atoms with van der Waals surface area (Å²) in [5.74, 6) is -0.415. The molecule has 0 radical (unpaired) electrons. The molecule has 17 heavy (non-hydrogen) atoms. The first-order valence-electron chi connectivity index (χ1n) is 5.28. The minimum absolute atomic E-state index is 0.00696. The number of hydrogen-bond acceptors (Lipinski definition) is 4. The monoisotopic (exact) mass is 301 g/mol. The topological polar surface area (TPSA) is 58.6 Å². The third kappa shape index (κ3) is 4.75. The highest BCUT2D eigenvalue weighted by atomic mass is 79.9. The Labute approximate surface area is 109 Å². The van der Waals surface area contributed by atoms with E-state index >= 15 is 0 Å².